The van der Waals surface area contributed by atoms with Gasteiger partial charge in [0.15, 0.2) is 0 Å². The van der Waals surface area contributed by atoms with E-state index in [-0.39, 0.29) is 18.2 Å². The molecular formula is C15H23FN2O3. The maximum Gasteiger partial charge on any atom is 0.319 e. The van der Waals surface area contributed by atoms with Gasteiger partial charge in [0.05, 0.1) is 18.4 Å². The van der Waals surface area contributed by atoms with Crippen molar-refractivity contribution >= 4 is 11.7 Å². The quantitative estimate of drug-likeness (QED) is 0.756. The number of benzene rings is 1. The van der Waals surface area contributed by atoms with Gasteiger partial charge in [-0.2, -0.15) is 0 Å². The molecule has 21 heavy (non-hydrogen) atoms. The van der Waals surface area contributed by atoms with Crippen LogP contribution in [0.5, 0.6) is 5.75 Å². The molecule has 0 aliphatic rings. The van der Waals surface area contributed by atoms with Crippen molar-refractivity contribution in [1.29, 1.82) is 0 Å². The maximum atomic E-state index is 13.6. The second-order valence-electron chi connectivity index (χ2n) is 5.32. The second-order valence-corrected chi connectivity index (χ2v) is 5.32. The molecule has 0 aromatic heterocycles. The van der Waals surface area contributed by atoms with E-state index in [4.69, 9.17) is 4.74 Å². The van der Waals surface area contributed by atoms with Crippen LogP contribution in [0.2, 0.25) is 0 Å². The molecule has 0 bridgehead atoms. The first-order valence-electron chi connectivity index (χ1n) is 6.91. The molecule has 0 saturated carbocycles. The summed E-state index contributed by atoms with van der Waals surface area (Å²) in [4.78, 5) is 11.8. The average molecular weight is 298 g/mol. The van der Waals surface area contributed by atoms with Crippen LogP contribution in [-0.4, -0.2) is 30.4 Å². The predicted molar refractivity (Wildman–Crippen MR) is 80.1 cm³/mol. The van der Waals surface area contributed by atoms with E-state index < -0.39 is 17.4 Å². The third-order valence-corrected chi connectivity index (χ3v) is 3.70. The highest BCUT2D eigenvalue weighted by molar-refractivity contribution is 5.89. The lowest BCUT2D eigenvalue weighted by Crippen LogP contribution is -2.46. The zero-order valence-corrected chi connectivity index (χ0v) is 12.9. The monoisotopic (exact) mass is 298 g/mol. The van der Waals surface area contributed by atoms with E-state index in [1.165, 1.54) is 25.3 Å². The molecule has 0 fully saturated rings. The molecule has 0 radical (unpaired) electrons. The average Bonchev–Trinajstić information content (AvgIpc) is 2.46. The zero-order chi connectivity index (χ0) is 16.0. The number of aliphatic hydroxyl groups is 1. The molecule has 0 heterocycles. The molecule has 2 unspecified atom stereocenters. The van der Waals surface area contributed by atoms with E-state index in [2.05, 4.69) is 10.6 Å². The third kappa shape index (κ3) is 4.90. The number of rotatable bonds is 6. The van der Waals surface area contributed by atoms with Gasteiger partial charge in [-0.15, -0.1) is 0 Å². The number of hydrogen-bond acceptors (Lipinski definition) is 3. The van der Waals surface area contributed by atoms with Gasteiger partial charge < -0.3 is 20.5 Å². The second kappa shape index (κ2) is 7.26. The van der Waals surface area contributed by atoms with Crippen LogP contribution >= 0.6 is 0 Å². The smallest absolute Gasteiger partial charge is 0.319 e. The van der Waals surface area contributed by atoms with Crippen molar-refractivity contribution in [1.82, 2.24) is 5.32 Å². The Morgan fingerprint density at radius 3 is 2.76 bits per heavy atom. The minimum absolute atomic E-state index is 0.0232. The number of ether oxygens (including phenoxy) is 1. The Hall–Kier alpha value is -1.82. The molecule has 1 rings (SSSR count). The van der Waals surface area contributed by atoms with Crippen LogP contribution < -0.4 is 15.4 Å². The SMILES string of the molecule is CCC(C)C(C)(O)CNC(=O)Nc1cc(OC)ccc1F. The Bertz CT molecular complexity index is 492. The van der Waals surface area contributed by atoms with Crippen molar-refractivity contribution in [3.8, 4) is 5.75 Å². The highest BCUT2D eigenvalue weighted by atomic mass is 19.1. The highest BCUT2D eigenvalue weighted by Gasteiger charge is 2.27. The molecule has 0 saturated heterocycles. The summed E-state index contributed by atoms with van der Waals surface area (Å²) < 4.78 is 18.5. The molecule has 6 heteroatoms. The number of carbonyl (C=O) groups excluding carboxylic acids is 1. The van der Waals surface area contributed by atoms with Crippen LogP contribution in [0.3, 0.4) is 0 Å². The minimum Gasteiger partial charge on any atom is -0.497 e. The fourth-order valence-corrected chi connectivity index (χ4v) is 1.77. The fraction of sp³-hybridized carbons (Fsp3) is 0.533. The van der Waals surface area contributed by atoms with Gasteiger partial charge in [0.2, 0.25) is 0 Å². The van der Waals surface area contributed by atoms with E-state index >= 15 is 0 Å². The third-order valence-electron chi connectivity index (χ3n) is 3.70. The Morgan fingerprint density at radius 1 is 1.52 bits per heavy atom. The van der Waals surface area contributed by atoms with Crippen LogP contribution in [0, 0.1) is 11.7 Å². The first kappa shape index (κ1) is 17.2. The van der Waals surface area contributed by atoms with Crippen molar-refractivity contribution in [2.75, 3.05) is 19.0 Å². The van der Waals surface area contributed by atoms with Crippen LogP contribution in [0.25, 0.3) is 0 Å². The summed E-state index contributed by atoms with van der Waals surface area (Å²) in [7, 11) is 1.46. The Morgan fingerprint density at radius 2 is 2.19 bits per heavy atom. The van der Waals surface area contributed by atoms with Crippen molar-refractivity contribution in [3.63, 3.8) is 0 Å². The standard InChI is InChI=1S/C15H23FN2O3/c1-5-10(2)15(3,20)9-17-14(19)18-13-8-11(21-4)6-7-12(13)16/h6-8,10,20H,5,9H2,1-4H3,(H2,17,18,19). The van der Waals surface area contributed by atoms with Crippen molar-refractivity contribution in [2.45, 2.75) is 32.8 Å². The molecule has 0 aliphatic carbocycles. The number of hydrogen-bond donors (Lipinski definition) is 3. The number of methoxy groups -OCH3 is 1. The largest absolute Gasteiger partial charge is 0.497 e. The summed E-state index contributed by atoms with van der Waals surface area (Å²) in [5, 5.41) is 15.1. The van der Waals surface area contributed by atoms with Gasteiger partial charge in [0, 0.05) is 12.6 Å². The van der Waals surface area contributed by atoms with Gasteiger partial charge in [-0.05, 0) is 25.0 Å². The van der Waals surface area contributed by atoms with Gasteiger partial charge in [0.1, 0.15) is 11.6 Å². The van der Waals surface area contributed by atoms with Crippen molar-refractivity contribution in [3.05, 3.63) is 24.0 Å². The molecule has 1 aromatic carbocycles. The molecule has 0 spiro atoms. The lowest BCUT2D eigenvalue weighted by Gasteiger charge is -2.29. The first-order valence-corrected chi connectivity index (χ1v) is 6.91. The predicted octanol–water partition coefficient (Wildman–Crippen LogP) is 2.75. The number of nitrogens with one attached hydrogen (secondary N) is 2. The van der Waals surface area contributed by atoms with E-state index in [0.717, 1.165) is 6.42 Å². The lowest BCUT2D eigenvalue weighted by molar-refractivity contribution is 0.00827. The summed E-state index contributed by atoms with van der Waals surface area (Å²) in [6, 6.07) is 3.49. The molecule has 3 N–H and O–H groups in total. The molecule has 2 atom stereocenters. The van der Waals surface area contributed by atoms with Crippen molar-refractivity contribution in [2.24, 2.45) is 5.92 Å². The maximum absolute atomic E-state index is 13.6. The number of carbonyl (C=O) groups is 1. The van der Waals surface area contributed by atoms with E-state index in [9.17, 15) is 14.3 Å². The summed E-state index contributed by atoms with van der Waals surface area (Å²) in [5.74, 6) is -0.0794. The number of urea groups is 1. The summed E-state index contributed by atoms with van der Waals surface area (Å²) in [6.07, 6.45) is 0.792. The molecule has 1 aromatic rings. The summed E-state index contributed by atoms with van der Waals surface area (Å²) in [5.41, 5.74) is -0.992. The Labute approximate surface area is 124 Å². The highest BCUT2D eigenvalue weighted by Crippen LogP contribution is 2.21. The molecule has 118 valence electrons. The minimum atomic E-state index is -1.01. The van der Waals surface area contributed by atoms with Crippen LogP contribution in [0.4, 0.5) is 14.9 Å². The van der Waals surface area contributed by atoms with Gasteiger partial charge in [0.25, 0.3) is 0 Å². The lowest BCUT2D eigenvalue weighted by atomic mass is 9.89. The van der Waals surface area contributed by atoms with Gasteiger partial charge >= 0.3 is 6.03 Å². The molecule has 0 aliphatic heterocycles. The molecule has 5 nitrogen and oxygen atoms in total. The van der Waals surface area contributed by atoms with Crippen molar-refractivity contribution < 1.29 is 19.0 Å². The number of halogens is 1. The van der Waals surface area contributed by atoms with Gasteiger partial charge in [-0.25, -0.2) is 9.18 Å². The van der Waals surface area contributed by atoms with Crippen LogP contribution in [0.1, 0.15) is 27.2 Å². The van der Waals surface area contributed by atoms with Crippen LogP contribution in [0.15, 0.2) is 18.2 Å². The van der Waals surface area contributed by atoms with E-state index in [1.54, 1.807) is 6.92 Å². The topological polar surface area (TPSA) is 70.6 Å². The van der Waals surface area contributed by atoms with E-state index in [0.29, 0.717) is 5.75 Å². The molecule has 2 amide bonds. The first-order chi connectivity index (χ1) is 9.80. The summed E-state index contributed by atoms with van der Waals surface area (Å²) in [6.45, 7) is 5.61. The number of amides is 2. The normalized spacial score (nSPS) is 15.0. The van der Waals surface area contributed by atoms with Gasteiger partial charge in [-0.1, -0.05) is 20.3 Å². The summed E-state index contributed by atoms with van der Waals surface area (Å²) >= 11 is 0. The zero-order valence-electron chi connectivity index (χ0n) is 12.9. The Kier molecular flexibility index (Phi) is 5.96. The van der Waals surface area contributed by atoms with Gasteiger partial charge in [-0.3, -0.25) is 0 Å². The van der Waals surface area contributed by atoms with E-state index in [1.807, 2.05) is 13.8 Å². The van der Waals surface area contributed by atoms with Crippen LogP contribution in [-0.2, 0) is 0 Å². The molecular weight excluding hydrogens is 275 g/mol. The fourth-order valence-electron chi connectivity index (χ4n) is 1.77. The number of anilines is 1. The Balaban J connectivity index is 2.62.